The van der Waals surface area contributed by atoms with E-state index in [0.29, 0.717) is 35.8 Å². The van der Waals surface area contributed by atoms with Crippen LogP contribution in [0.25, 0.3) is 0 Å². The van der Waals surface area contributed by atoms with Crippen molar-refractivity contribution in [1.29, 1.82) is 0 Å². The molecule has 1 heterocycles. The highest BCUT2D eigenvalue weighted by Gasteiger charge is 2.21. The Labute approximate surface area is 162 Å². The van der Waals surface area contributed by atoms with Crippen molar-refractivity contribution < 1.29 is 0 Å². The van der Waals surface area contributed by atoms with Gasteiger partial charge in [0.05, 0.1) is 9.52 Å². The van der Waals surface area contributed by atoms with E-state index < -0.39 is 0 Å². The predicted octanol–water partition coefficient (Wildman–Crippen LogP) is 5.34. The van der Waals surface area contributed by atoms with Gasteiger partial charge in [0.2, 0.25) is 0 Å². The van der Waals surface area contributed by atoms with Crippen molar-refractivity contribution in [2.45, 2.75) is 11.7 Å². The molecule has 0 bridgehead atoms. The Morgan fingerprint density at radius 3 is 1.96 bits per heavy atom. The lowest BCUT2D eigenvalue weighted by atomic mass is 10.0. The molecule has 0 saturated heterocycles. The Kier molecular flexibility index (Phi) is 5.84. The number of rotatable bonds is 5. The lowest BCUT2D eigenvalue weighted by molar-refractivity contribution is 0.730. The van der Waals surface area contributed by atoms with Crippen molar-refractivity contribution in [3.8, 4) is 0 Å². The van der Waals surface area contributed by atoms with Crippen LogP contribution >= 0.6 is 46.4 Å². The molecule has 2 aromatic carbocycles. The van der Waals surface area contributed by atoms with Crippen LogP contribution in [0.1, 0.15) is 16.7 Å². The van der Waals surface area contributed by atoms with Crippen LogP contribution in [0.2, 0.25) is 20.1 Å². The molecule has 1 aromatic heterocycles. The van der Waals surface area contributed by atoms with Crippen LogP contribution in [0, 0.1) is 0 Å². The Balaban J connectivity index is 1.99. The third kappa shape index (κ3) is 4.13. The van der Waals surface area contributed by atoms with Crippen molar-refractivity contribution >= 4 is 55.9 Å². The smallest absolute Gasteiger partial charge is 0.137 e. The summed E-state index contributed by atoms with van der Waals surface area (Å²) in [6.07, 6.45) is 3.92. The van der Waals surface area contributed by atoms with Crippen LogP contribution in [0.3, 0.4) is 0 Å². The molecular weight excluding hydrogens is 404 g/mol. The summed E-state index contributed by atoms with van der Waals surface area (Å²) < 4.78 is 1.79. The maximum Gasteiger partial charge on any atom is 0.137 e. The van der Waals surface area contributed by atoms with E-state index in [2.05, 4.69) is 10.1 Å². The second-order valence-electron chi connectivity index (χ2n) is 5.06. The van der Waals surface area contributed by atoms with Crippen LogP contribution in [0.4, 0.5) is 0 Å². The number of halogens is 4. The molecule has 0 N–H and O–H groups in total. The van der Waals surface area contributed by atoms with Gasteiger partial charge in [-0.05, 0) is 35.4 Å². The second kappa shape index (κ2) is 7.89. The summed E-state index contributed by atoms with van der Waals surface area (Å²) in [7, 11) is 0.464. The third-order valence-corrected chi connectivity index (χ3v) is 6.13. The van der Waals surface area contributed by atoms with Crippen molar-refractivity contribution in [3.63, 3.8) is 0 Å². The van der Waals surface area contributed by atoms with Gasteiger partial charge >= 0.3 is 0 Å². The van der Waals surface area contributed by atoms with Gasteiger partial charge in [0.1, 0.15) is 12.7 Å². The molecule has 0 aliphatic carbocycles. The number of hydrogen-bond acceptors (Lipinski definition) is 2. The molecule has 8 heteroatoms. The van der Waals surface area contributed by atoms with Gasteiger partial charge in [-0.2, -0.15) is 5.10 Å². The van der Waals surface area contributed by atoms with E-state index in [-0.39, 0.29) is 5.54 Å². The minimum atomic E-state index is 0.0173. The van der Waals surface area contributed by atoms with E-state index in [1.54, 1.807) is 23.1 Å². The van der Waals surface area contributed by atoms with E-state index in [4.69, 9.17) is 46.4 Å². The predicted molar refractivity (Wildman–Crippen MR) is 101 cm³/mol. The van der Waals surface area contributed by atoms with E-state index in [9.17, 15) is 0 Å². The third-order valence-electron chi connectivity index (χ3n) is 3.47. The van der Waals surface area contributed by atoms with Crippen molar-refractivity contribution in [3.05, 3.63) is 80.3 Å². The van der Waals surface area contributed by atoms with Gasteiger partial charge in [-0.15, -0.1) is 0 Å². The van der Waals surface area contributed by atoms with E-state index >= 15 is 0 Å². The maximum absolute atomic E-state index is 6.43. The molecule has 0 amide bonds. The van der Waals surface area contributed by atoms with Gasteiger partial charge in [-0.3, -0.25) is 4.68 Å². The monoisotopic (exact) mass is 413 g/mol. The quantitative estimate of drug-likeness (QED) is 0.527. The first-order valence-electron chi connectivity index (χ1n) is 7.00. The fourth-order valence-electron chi connectivity index (χ4n) is 2.36. The number of benzene rings is 2. The van der Waals surface area contributed by atoms with Crippen LogP contribution in [-0.4, -0.2) is 24.3 Å². The van der Waals surface area contributed by atoms with Gasteiger partial charge in [0.15, 0.2) is 0 Å². The van der Waals surface area contributed by atoms with Gasteiger partial charge in [-0.1, -0.05) is 58.5 Å². The van der Waals surface area contributed by atoms with Crippen molar-refractivity contribution in [2.24, 2.45) is 0 Å². The van der Waals surface area contributed by atoms with E-state index in [1.165, 1.54) is 6.33 Å². The summed E-state index contributed by atoms with van der Waals surface area (Å²) in [6, 6.07) is 11.0. The minimum Gasteiger partial charge on any atom is -0.256 e. The Hall–Kier alpha value is -1.04. The first-order valence-corrected chi connectivity index (χ1v) is 9.80. The van der Waals surface area contributed by atoms with Gasteiger partial charge < -0.3 is 0 Å². The number of nitrogens with zero attached hydrogens (tertiary/aromatic N) is 3. The zero-order valence-electron chi connectivity index (χ0n) is 12.3. The Morgan fingerprint density at radius 1 is 0.917 bits per heavy atom. The lowest BCUT2D eigenvalue weighted by Crippen LogP contribution is -2.17. The molecule has 3 rings (SSSR count). The van der Waals surface area contributed by atoms with Crippen LogP contribution in [0.5, 0.6) is 0 Å². The summed E-state index contributed by atoms with van der Waals surface area (Å²) in [4.78, 5) is 3.97. The average Bonchev–Trinajstić information content (AvgIpc) is 3.04. The SMILES string of the molecule is Clc1ccc(C([Si]Cn2cncn2)c2ccc(Cl)cc2Cl)c(Cl)c1. The molecule has 0 aliphatic rings. The van der Waals surface area contributed by atoms with Crippen molar-refractivity contribution in [1.82, 2.24) is 14.8 Å². The fraction of sp³-hybridized carbons (Fsp3) is 0.125. The molecule has 0 saturated carbocycles. The highest BCUT2D eigenvalue weighted by Crippen LogP contribution is 2.36. The first kappa shape index (κ1) is 17.8. The second-order valence-corrected chi connectivity index (χ2v) is 8.05. The van der Waals surface area contributed by atoms with E-state index in [0.717, 1.165) is 11.1 Å². The topological polar surface area (TPSA) is 30.7 Å². The molecule has 3 nitrogen and oxygen atoms in total. The normalized spacial score (nSPS) is 11.2. The summed E-state index contributed by atoms with van der Waals surface area (Å²) >= 11 is 24.9. The zero-order valence-corrected chi connectivity index (χ0v) is 16.3. The molecule has 0 fully saturated rings. The Morgan fingerprint density at radius 2 is 1.50 bits per heavy atom. The summed E-state index contributed by atoms with van der Waals surface area (Å²) in [5.41, 5.74) is 1.97. The highest BCUT2D eigenvalue weighted by molar-refractivity contribution is 6.42. The lowest BCUT2D eigenvalue weighted by Gasteiger charge is -2.20. The highest BCUT2D eigenvalue weighted by atomic mass is 35.5. The van der Waals surface area contributed by atoms with E-state index in [1.807, 2.05) is 24.3 Å². The fourth-order valence-corrected chi connectivity index (χ4v) is 5.05. The molecule has 0 unspecified atom stereocenters. The van der Waals surface area contributed by atoms with Crippen LogP contribution in [-0.2, 0) is 6.17 Å². The summed E-state index contributed by atoms with van der Waals surface area (Å²) in [6.45, 7) is 0. The van der Waals surface area contributed by atoms with Crippen LogP contribution < -0.4 is 0 Å². The van der Waals surface area contributed by atoms with Crippen LogP contribution in [0.15, 0.2) is 49.1 Å². The Bertz CT molecular complexity index is 788. The molecule has 3 aromatic rings. The summed E-state index contributed by atoms with van der Waals surface area (Å²) in [5, 5.41) is 6.59. The van der Waals surface area contributed by atoms with Crippen molar-refractivity contribution in [2.75, 3.05) is 0 Å². The summed E-state index contributed by atoms with van der Waals surface area (Å²) in [5.74, 6) is 0. The molecular formula is C16H11Cl4N3Si. The molecule has 122 valence electrons. The largest absolute Gasteiger partial charge is 0.256 e. The number of hydrogen-bond donors (Lipinski definition) is 0. The molecule has 2 radical (unpaired) electrons. The van der Waals surface area contributed by atoms with Gasteiger partial charge in [-0.25, -0.2) is 4.98 Å². The number of aromatic nitrogens is 3. The standard InChI is InChI=1S/C16H11Cl4N3Si/c17-10-1-3-12(14(19)5-10)16(24-9-23-8-21-7-22-23)13-4-2-11(18)6-15(13)20/h1-8,16H,9H2. The van der Waals surface area contributed by atoms with Gasteiger partial charge in [0, 0.05) is 31.8 Å². The average molecular weight is 415 g/mol. The molecule has 0 atom stereocenters. The molecule has 0 spiro atoms. The molecule has 24 heavy (non-hydrogen) atoms. The minimum absolute atomic E-state index is 0.0173. The van der Waals surface area contributed by atoms with Gasteiger partial charge in [0.25, 0.3) is 0 Å². The molecule has 0 aliphatic heterocycles. The maximum atomic E-state index is 6.43. The first-order chi connectivity index (χ1) is 11.5. The zero-order chi connectivity index (χ0) is 17.1.